The van der Waals surface area contributed by atoms with Gasteiger partial charge in [0.2, 0.25) is 0 Å². The Morgan fingerprint density at radius 1 is 1.29 bits per heavy atom. The Morgan fingerprint density at radius 3 is 2.83 bits per heavy atom. The standard InChI is InChI=1S/C18H33N3O2.HI/c1-19-17(21-11-8-18(14-21)9-13-22-15-18)20-10-5-12-23-16-6-3-2-4-7-16;/h16H,2-15H2,1H3,(H,19,20);1H. The van der Waals surface area contributed by atoms with Crippen LogP contribution in [-0.4, -0.2) is 63.5 Å². The SMILES string of the molecule is CN=C(NCCCOC1CCCCC1)N1CCC2(CCOC2)C1.I. The zero-order valence-corrected chi connectivity index (χ0v) is 17.4. The van der Waals surface area contributed by atoms with Gasteiger partial charge in [0.1, 0.15) is 0 Å². The first kappa shape index (κ1) is 20.2. The monoisotopic (exact) mass is 451 g/mol. The largest absolute Gasteiger partial charge is 0.381 e. The number of guanidine groups is 1. The molecule has 0 radical (unpaired) electrons. The van der Waals surface area contributed by atoms with E-state index in [2.05, 4.69) is 15.2 Å². The number of rotatable bonds is 5. The van der Waals surface area contributed by atoms with Crippen LogP contribution in [0.2, 0.25) is 0 Å². The van der Waals surface area contributed by atoms with E-state index in [0.29, 0.717) is 11.5 Å². The Hall–Kier alpha value is -0.0800. The summed E-state index contributed by atoms with van der Waals surface area (Å²) >= 11 is 0. The lowest BCUT2D eigenvalue weighted by molar-refractivity contribution is 0.0276. The van der Waals surface area contributed by atoms with Crippen LogP contribution in [0.4, 0.5) is 0 Å². The maximum atomic E-state index is 5.99. The van der Waals surface area contributed by atoms with Crippen LogP contribution < -0.4 is 5.32 Å². The summed E-state index contributed by atoms with van der Waals surface area (Å²) in [4.78, 5) is 6.86. The van der Waals surface area contributed by atoms with Crippen molar-refractivity contribution in [1.82, 2.24) is 10.2 Å². The van der Waals surface area contributed by atoms with Gasteiger partial charge in [-0.1, -0.05) is 19.3 Å². The molecular weight excluding hydrogens is 417 g/mol. The van der Waals surface area contributed by atoms with Crippen molar-refractivity contribution in [2.24, 2.45) is 10.4 Å². The molecule has 3 aliphatic rings. The first-order chi connectivity index (χ1) is 11.3. The highest BCUT2D eigenvalue weighted by atomic mass is 127. The highest BCUT2D eigenvalue weighted by Gasteiger charge is 2.42. The van der Waals surface area contributed by atoms with E-state index in [9.17, 15) is 0 Å². The summed E-state index contributed by atoms with van der Waals surface area (Å²) in [7, 11) is 1.89. The molecule has 2 aliphatic heterocycles. The van der Waals surface area contributed by atoms with Gasteiger partial charge in [0, 0.05) is 45.3 Å². The van der Waals surface area contributed by atoms with Crippen LogP contribution in [0.25, 0.3) is 0 Å². The van der Waals surface area contributed by atoms with Gasteiger partial charge in [-0.15, -0.1) is 24.0 Å². The molecule has 3 fully saturated rings. The van der Waals surface area contributed by atoms with Crippen molar-refractivity contribution in [3.05, 3.63) is 0 Å². The summed E-state index contributed by atoms with van der Waals surface area (Å²) in [5, 5.41) is 3.51. The predicted octanol–water partition coefficient (Wildman–Crippen LogP) is 3.03. The number of aliphatic imine (C=N–C) groups is 1. The average molecular weight is 451 g/mol. The number of halogens is 1. The molecule has 6 heteroatoms. The second-order valence-electron chi connectivity index (χ2n) is 7.43. The van der Waals surface area contributed by atoms with Crippen LogP contribution >= 0.6 is 24.0 Å². The lowest BCUT2D eigenvalue weighted by atomic mass is 9.87. The van der Waals surface area contributed by atoms with Crippen molar-refractivity contribution in [3.8, 4) is 0 Å². The molecule has 0 aromatic rings. The number of ether oxygens (including phenoxy) is 2. The van der Waals surface area contributed by atoms with E-state index in [0.717, 1.165) is 51.8 Å². The Balaban J connectivity index is 0.00000208. The van der Waals surface area contributed by atoms with Crippen molar-refractivity contribution in [3.63, 3.8) is 0 Å². The van der Waals surface area contributed by atoms with Gasteiger partial charge < -0.3 is 19.7 Å². The fraction of sp³-hybridized carbons (Fsp3) is 0.944. The van der Waals surface area contributed by atoms with Gasteiger partial charge in [0.15, 0.2) is 5.96 Å². The molecule has 1 aliphatic carbocycles. The molecule has 2 heterocycles. The van der Waals surface area contributed by atoms with Gasteiger partial charge in [0.05, 0.1) is 12.7 Å². The molecule has 1 unspecified atom stereocenters. The van der Waals surface area contributed by atoms with Crippen LogP contribution in [0.3, 0.4) is 0 Å². The topological polar surface area (TPSA) is 46.1 Å². The van der Waals surface area contributed by atoms with Crippen LogP contribution in [0.5, 0.6) is 0 Å². The first-order valence-electron chi connectivity index (χ1n) is 9.46. The number of hydrogen-bond acceptors (Lipinski definition) is 3. The van der Waals surface area contributed by atoms with Crippen LogP contribution in [0, 0.1) is 5.41 Å². The molecule has 5 nitrogen and oxygen atoms in total. The predicted molar refractivity (Wildman–Crippen MR) is 108 cm³/mol. The van der Waals surface area contributed by atoms with Gasteiger partial charge in [-0.25, -0.2) is 0 Å². The van der Waals surface area contributed by atoms with Crippen molar-refractivity contribution >= 4 is 29.9 Å². The van der Waals surface area contributed by atoms with Gasteiger partial charge in [-0.2, -0.15) is 0 Å². The third-order valence-corrected chi connectivity index (χ3v) is 5.64. The normalized spacial score (nSPS) is 28.4. The van der Waals surface area contributed by atoms with Crippen molar-refractivity contribution in [1.29, 1.82) is 0 Å². The summed E-state index contributed by atoms with van der Waals surface area (Å²) < 4.78 is 11.6. The summed E-state index contributed by atoms with van der Waals surface area (Å²) in [6.45, 7) is 5.85. The molecular formula is C18H34IN3O2. The molecule has 1 atom stereocenters. The van der Waals surface area contributed by atoms with E-state index in [1.165, 1.54) is 44.9 Å². The molecule has 0 aromatic carbocycles. The highest BCUT2D eigenvalue weighted by Crippen LogP contribution is 2.38. The summed E-state index contributed by atoms with van der Waals surface area (Å²) in [5.41, 5.74) is 0.391. The lowest BCUT2D eigenvalue weighted by Crippen LogP contribution is -2.42. The van der Waals surface area contributed by atoms with E-state index < -0.39 is 0 Å². The minimum Gasteiger partial charge on any atom is -0.381 e. The smallest absolute Gasteiger partial charge is 0.193 e. The minimum atomic E-state index is 0. The van der Waals surface area contributed by atoms with Gasteiger partial charge in [0.25, 0.3) is 0 Å². The molecule has 0 aromatic heterocycles. The van der Waals surface area contributed by atoms with E-state index in [-0.39, 0.29) is 24.0 Å². The molecule has 0 amide bonds. The quantitative estimate of drug-likeness (QED) is 0.302. The molecule has 140 valence electrons. The Labute approximate surface area is 164 Å². The number of likely N-dealkylation sites (tertiary alicyclic amines) is 1. The molecule has 1 N–H and O–H groups in total. The number of nitrogens with zero attached hydrogens (tertiary/aromatic N) is 2. The summed E-state index contributed by atoms with van der Waals surface area (Å²) in [5.74, 6) is 1.05. The zero-order chi connectivity index (χ0) is 16.0. The third-order valence-electron chi connectivity index (χ3n) is 5.64. The van der Waals surface area contributed by atoms with Crippen molar-refractivity contribution < 1.29 is 9.47 Å². The Morgan fingerprint density at radius 2 is 2.12 bits per heavy atom. The van der Waals surface area contributed by atoms with Gasteiger partial charge in [-0.05, 0) is 32.1 Å². The molecule has 0 bridgehead atoms. The number of hydrogen-bond donors (Lipinski definition) is 1. The summed E-state index contributed by atoms with van der Waals surface area (Å²) in [6, 6.07) is 0. The summed E-state index contributed by atoms with van der Waals surface area (Å²) in [6.07, 6.45) is 10.6. The van der Waals surface area contributed by atoms with E-state index >= 15 is 0 Å². The Bertz CT molecular complexity index is 394. The molecule has 3 rings (SSSR count). The molecule has 24 heavy (non-hydrogen) atoms. The van der Waals surface area contributed by atoms with E-state index in [1.807, 2.05) is 7.05 Å². The second kappa shape index (κ2) is 10.2. The third kappa shape index (κ3) is 5.46. The average Bonchev–Trinajstić information content (AvgIpc) is 3.22. The van der Waals surface area contributed by atoms with Gasteiger partial charge >= 0.3 is 0 Å². The fourth-order valence-corrected chi connectivity index (χ4v) is 4.17. The minimum absolute atomic E-state index is 0. The zero-order valence-electron chi connectivity index (χ0n) is 15.1. The van der Waals surface area contributed by atoms with E-state index in [4.69, 9.17) is 9.47 Å². The molecule has 2 saturated heterocycles. The highest BCUT2D eigenvalue weighted by molar-refractivity contribution is 14.0. The molecule has 1 saturated carbocycles. The van der Waals surface area contributed by atoms with Crippen molar-refractivity contribution in [2.75, 3.05) is 46.5 Å². The maximum Gasteiger partial charge on any atom is 0.193 e. The lowest BCUT2D eigenvalue weighted by Gasteiger charge is -2.25. The Kier molecular flexibility index (Phi) is 8.57. The second-order valence-corrected chi connectivity index (χ2v) is 7.43. The van der Waals surface area contributed by atoms with Crippen LogP contribution in [0.1, 0.15) is 51.4 Å². The van der Waals surface area contributed by atoms with Crippen LogP contribution in [-0.2, 0) is 9.47 Å². The number of nitrogens with one attached hydrogen (secondary N) is 1. The fourth-order valence-electron chi connectivity index (χ4n) is 4.17. The van der Waals surface area contributed by atoms with Gasteiger partial charge in [-0.3, -0.25) is 4.99 Å². The van der Waals surface area contributed by atoms with Crippen molar-refractivity contribution in [2.45, 2.75) is 57.5 Å². The van der Waals surface area contributed by atoms with Crippen LogP contribution in [0.15, 0.2) is 4.99 Å². The first-order valence-corrected chi connectivity index (χ1v) is 9.46. The molecule has 1 spiro atoms. The maximum absolute atomic E-state index is 5.99. The van der Waals surface area contributed by atoms with E-state index in [1.54, 1.807) is 0 Å².